The first kappa shape index (κ1) is 13.6. The molecular weight excluding hydrogens is 240 g/mol. The Kier molecular flexibility index (Phi) is 4.19. The topological polar surface area (TPSA) is 100 Å². The van der Waals surface area contributed by atoms with Crippen LogP contribution in [0.3, 0.4) is 0 Å². The molecule has 17 heavy (non-hydrogen) atoms. The molecule has 7 heteroatoms. The summed E-state index contributed by atoms with van der Waals surface area (Å²) in [4.78, 5) is 3.89. The van der Waals surface area contributed by atoms with Crippen molar-refractivity contribution in [2.75, 3.05) is 6.54 Å². The van der Waals surface area contributed by atoms with Crippen LogP contribution in [0.5, 0.6) is 0 Å². The minimum atomic E-state index is -3.65. The highest BCUT2D eigenvalue weighted by Gasteiger charge is 2.27. The molecule has 0 fully saturated rings. The largest absolute Gasteiger partial charge is 0.387 e. The lowest BCUT2D eigenvalue weighted by atomic mass is 10.4. The minimum absolute atomic E-state index is 0.106. The van der Waals surface area contributed by atoms with Crippen LogP contribution in [0, 0.1) is 5.41 Å². The van der Waals surface area contributed by atoms with Crippen molar-refractivity contribution >= 4 is 15.9 Å². The third-order valence-corrected chi connectivity index (χ3v) is 4.15. The summed E-state index contributed by atoms with van der Waals surface area (Å²) in [7, 11) is -3.65. The third kappa shape index (κ3) is 3.24. The Labute approximate surface area is 101 Å². The summed E-state index contributed by atoms with van der Waals surface area (Å²) < 4.78 is 25.7. The van der Waals surface area contributed by atoms with Crippen molar-refractivity contribution in [2.24, 2.45) is 5.73 Å². The maximum absolute atomic E-state index is 12.2. The van der Waals surface area contributed by atoms with Crippen LogP contribution in [0.1, 0.15) is 13.8 Å². The molecule has 0 bridgehead atoms. The zero-order chi connectivity index (χ0) is 13.1. The second-order valence-corrected chi connectivity index (χ2v) is 5.75. The summed E-state index contributed by atoms with van der Waals surface area (Å²) in [6.07, 6.45) is 2.79. The maximum Gasteiger partial charge on any atom is 0.245 e. The molecule has 94 valence electrons. The molecule has 1 aromatic heterocycles. The molecule has 1 aromatic rings. The number of pyridine rings is 1. The predicted octanol–water partition coefficient (Wildman–Crippen LogP) is 0.417. The second-order valence-electron chi connectivity index (χ2n) is 3.86. The Morgan fingerprint density at radius 2 is 2.24 bits per heavy atom. The van der Waals surface area contributed by atoms with E-state index in [0.29, 0.717) is 0 Å². The first-order chi connectivity index (χ1) is 7.85. The monoisotopic (exact) mass is 256 g/mol. The first-order valence-electron chi connectivity index (χ1n) is 5.10. The Balaban J connectivity index is 3.14. The van der Waals surface area contributed by atoms with Gasteiger partial charge in [0.05, 0.1) is 6.54 Å². The van der Waals surface area contributed by atoms with Crippen LogP contribution in [-0.4, -0.2) is 36.1 Å². The summed E-state index contributed by atoms with van der Waals surface area (Å²) in [6, 6.07) is 2.75. The summed E-state index contributed by atoms with van der Waals surface area (Å²) in [5.41, 5.74) is 5.27. The molecule has 0 aromatic carbocycles. The van der Waals surface area contributed by atoms with E-state index in [9.17, 15) is 8.42 Å². The molecule has 0 saturated heterocycles. The maximum atomic E-state index is 12.2. The van der Waals surface area contributed by atoms with Gasteiger partial charge in [-0.05, 0) is 26.0 Å². The summed E-state index contributed by atoms with van der Waals surface area (Å²) in [5, 5.41) is 7.22. The Hall–Kier alpha value is -1.47. The van der Waals surface area contributed by atoms with Crippen LogP contribution in [0.4, 0.5) is 0 Å². The molecular formula is C10H16N4O2S. The molecule has 6 nitrogen and oxygen atoms in total. The van der Waals surface area contributed by atoms with Crippen LogP contribution in [0.15, 0.2) is 29.4 Å². The van der Waals surface area contributed by atoms with Crippen LogP contribution in [-0.2, 0) is 10.0 Å². The third-order valence-electron chi connectivity index (χ3n) is 2.14. The van der Waals surface area contributed by atoms with E-state index in [1.807, 2.05) is 0 Å². The molecule has 1 heterocycles. The highest BCUT2D eigenvalue weighted by atomic mass is 32.2. The van der Waals surface area contributed by atoms with Gasteiger partial charge in [0.25, 0.3) is 0 Å². The van der Waals surface area contributed by atoms with E-state index < -0.39 is 10.0 Å². The lowest BCUT2D eigenvalue weighted by Gasteiger charge is -2.25. The van der Waals surface area contributed by atoms with E-state index in [4.69, 9.17) is 11.1 Å². The lowest BCUT2D eigenvalue weighted by molar-refractivity contribution is 0.389. The number of sulfonamides is 1. The predicted molar refractivity (Wildman–Crippen MR) is 65.2 cm³/mol. The molecule has 0 unspecified atom stereocenters. The number of aromatic nitrogens is 1. The first-order valence-corrected chi connectivity index (χ1v) is 6.54. The van der Waals surface area contributed by atoms with Gasteiger partial charge in [-0.2, -0.15) is 4.31 Å². The fourth-order valence-electron chi connectivity index (χ4n) is 1.35. The van der Waals surface area contributed by atoms with E-state index in [2.05, 4.69) is 4.98 Å². The van der Waals surface area contributed by atoms with Crippen molar-refractivity contribution in [3.8, 4) is 0 Å². The van der Waals surface area contributed by atoms with Crippen molar-refractivity contribution in [1.82, 2.24) is 9.29 Å². The van der Waals surface area contributed by atoms with Gasteiger partial charge in [0.1, 0.15) is 10.7 Å². The fraction of sp³-hybridized carbons (Fsp3) is 0.400. The summed E-state index contributed by atoms with van der Waals surface area (Å²) in [6.45, 7) is 3.35. The van der Waals surface area contributed by atoms with Crippen LogP contribution < -0.4 is 5.73 Å². The normalized spacial score (nSPS) is 12.0. The Morgan fingerprint density at radius 3 is 2.65 bits per heavy atom. The van der Waals surface area contributed by atoms with Crippen LogP contribution in [0.2, 0.25) is 0 Å². The van der Waals surface area contributed by atoms with E-state index >= 15 is 0 Å². The van der Waals surface area contributed by atoms with Gasteiger partial charge in [-0.1, -0.05) is 0 Å². The van der Waals surface area contributed by atoms with Gasteiger partial charge in [-0.15, -0.1) is 0 Å². The minimum Gasteiger partial charge on any atom is -0.387 e. The van der Waals surface area contributed by atoms with Gasteiger partial charge in [0.2, 0.25) is 10.0 Å². The van der Waals surface area contributed by atoms with Gasteiger partial charge >= 0.3 is 0 Å². The molecule has 1 rings (SSSR count). The van der Waals surface area contributed by atoms with E-state index in [-0.39, 0.29) is 23.3 Å². The van der Waals surface area contributed by atoms with Crippen LogP contribution in [0.25, 0.3) is 0 Å². The zero-order valence-electron chi connectivity index (χ0n) is 9.79. The smallest absolute Gasteiger partial charge is 0.245 e. The van der Waals surface area contributed by atoms with Gasteiger partial charge in [-0.3, -0.25) is 10.4 Å². The molecule has 0 radical (unpaired) electrons. The van der Waals surface area contributed by atoms with E-state index in [1.54, 1.807) is 19.9 Å². The van der Waals surface area contributed by atoms with Gasteiger partial charge in [0.15, 0.2) is 0 Å². The van der Waals surface area contributed by atoms with Crippen molar-refractivity contribution in [3.63, 3.8) is 0 Å². The van der Waals surface area contributed by atoms with Crippen LogP contribution >= 0.6 is 0 Å². The van der Waals surface area contributed by atoms with Crippen molar-refractivity contribution < 1.29 is 8.42 Å². The zero-order valence-corrected chi connectivity index (χ0v) is 10.6. The van der Waals surface area contributed by atoms with Gasteiger partial charge in [0, 0.05) is 18.4 Å². The molecule has 0 amide bonds. The lowest BCUT2D eigenvalue weighted by Crippen LogP contribution is -2.42. The number of nitrogens with zero attached hydrogens (tertiary/aromatic N) is 2. The highest BCUT2D eigenvalue weighted by molar-refractivity contribution is 7.89. The van der Waals surface area contributed by atoms with E-state index in [1.165, 1.54) is 22.8 Å². The number of amidine groups is 1. The van der Waals surface area contributed by atoms with Crippen molar-refractivity contribution in [3.05, 3.63) is 24.5 Å². The number of nitrogens with two attached hydrogens (primary N) is 1. The quantitative estimate of drug-likeness (QED) is 0.589. The molecule has 0 saturated carbocycles. The number of hydrogen-bond donors (Lipinski definition) is 2. The number of nitrogens with one attached hydrogen (secondary N) is 1. The standard InChI is InChI=1S/C10H16N4O2S/c1-8(2)14(7-10(11)12)17(15,16)9-4-3-5-13-6-9/h3-6,8H,7H2,1-2H3,(H3,11,12). The fourth-order valence-corrected chi connectivity index (χ4v) is 2.93. The average Bonchev–Trinajstić information content (AvgIpc) is 2.26. The molecule has 0 aliphatic carbocycles. The van der Waals surface area contributed by atoms with Crippen molar-refractivity contribution in [2.45, 2.75) is 24.8 Å². The SMILES string of the molecule is CC(C)N(CC(=N)N)S(=O)(=O)c1cccnc1. The molecule has 0 aliphatic rings. The summed E-state index contributed by atoms with van der Waals surface area (Å²) >= 11 is 0. The molecule has 0 aliphatic heterocycles. The Morgan fingerprint density at radius 1 is 1.59 bits per heavy atom. The molecule has 0 atom stereocenters. The summed E-state index contributed by atoms with van der Waals surface area (Å²) in [5.74, 6) is -0.189. The average molecular weight is 256 g/mol. The van der Waals surface area contributed by atoms with Gasteiger partial charge in [-0.25, -0.2) is 8.42 Å². The highest BCUT2D eigenvalue weighted by Crippen LogP contribution is 2.16. The Bertz CT molecular complexity index is 484. The van der Waals surface area contributed by atoms with E-state index in [0.717, 1.165) is 0 Å². The number of hydrogen-bond acceptors (Lipinski definition) is 4. The van der Waals surface area contributed by atoms with Gasteiger partial charge < -0.3 is 5.73 Å². The van der Waals surface area contributed by atoms with Crippen molar-refractivity contribution in [1.29, 1.82) is 5.41 Å². The molecule has 0 spiro atoms. The number of rotatable bonds is 5. The molecule has 3 N–H and O–H groups in total. The second kappa shape index (κ2) is 5.24.